The van der Waals surface area contributed by atoms with Crippen molar-refractivity contribution in [1.29, 1.82) is 5.26 Å². The maximum Gasteiger partial charge on any atom is 0.241 e. The van der Waals surface area contributed by atoms with Crippen molar-refractivity contribution in [3.63, 3.8) is 0 Å². The maximum atomic E-state index is 12.4. The Morgan fingerprint density at radius 3 is 2.71 bits per heavy atom. The molecule has 2 aliphatic heterocycles. The van der Waals surface area contributed by atoms with Crippen molar-refractivity contribution < 1.29 is 9.53 Å². The summed E-state index contributed by atoms with van der Waals surface area (Å²) in [5.74, 6) is -0.0704. The van der Waals surface area contributed by atoms with Gasteiger partial charge in [0, 0.05) is 13.1 Å². The summed E-state index contributed by atoms with van der Waals surface area (Å²) in [7, 11) is 0. The zero-order chi connectivity index (χ0) is 14.8. The molecule has 2 heterocycles. The molecule has 3 unspecified atom stereocenters. The molecule has 2 bridgehead atoms. The van der Waals surface area contributed by atoms with Gasteiger partial charge in [0.25, 0.3) is 0 Å². The minimum atomic E-state index is -0.219. The molecule has 0 spiro atoms. The average molecular weight is 285 g/mol. The SMILES string of the molecule is CC(C(=O)Nc1ccccc1C#N)N1CC2CCC(C1)O2. The summed E-state index contributed by atoms with van der Waals surface area (Å²) in [6, 6.07) is 8.94. The van der Waals surface area contributed by atoms with Gasteiger partial charge in [-0.25, -0.2) is 0 Å². The van der Waals surface area contributed by atoms with Crippen LogP contribution in [0, 0.1) is 11.3 Å². The molecule has 2 aliphatic rings. The number of benzene rings is 1. The molecule has 0 aliphatic carbocycles. The van der Waals surface area contributed by atoms with Crippen LogP contribution >= 0.6 is 0 Å². The van der Waals surface area contributed by atoms with E-state index in [4.69, 9.17) is 10.00 Å². The van der Waals surface area contributed by atoms with Crippen molar-refractivity contribution in [2.24, 2.45) is 0 Å². The van der Waals surface area contributed by atoms with Gasteiger partial charge in [-0.05, 0) is 31.9 Å². The molecular weight excluding hydrogens is 266 g/mol. The molecule has 0 radical (unpaired) electrons. The number of nitrogens with one attached hydrogen (secondary N) is 1. The first-order chi connectivity index (χ1) is 10.2. The molecular formula is C16H19N3O2. The van der Waals surface area contributed by atoms with Crippen LogP contribution in [0.4, 0.5) is 5.69 Å². The summed E-state index contributed by atoms with van der Waals surface area (Å²) in [4.78, 5) is 14.6. The highest BCUT2D eigenvalue weighted by Gasteiger charge is 2.37. The Labute approximate surface area is 124 Å². The van der Waals surface area contributed by atoms with Crippen molar-refractivity contribution in [1.82, 2.24) is 4.90 Å². The fourth-order valence-electron chi connectivity index (χ4n) is 3.06. The van der Waals surface area contributed by atoms with E-state index in [2.05, 4.69) is 16.3 Å². The normalized spacial score (nSPS) is 26.1. The molecule has 1 N–H and O–H groups in total. The van der Waals surface area contributed by atoms with Crippen LogP contribution in [-0.2, 0) is 9.53 Å². The average Bonchev–Trinajstić information content (AvgIpc) is 2.85. The highest BCUT2D eigenvalue weighted by Crippen LogP contribution is 2.27. The van der Waals surface area contributed by atoms with Crippen molar-refractivity contribution in [2.45, 2.75) is 38.0 Å². The van der Waals surface area contributed by atoms with E-state index in [1.165, 1.54) is 0 Å². The summed E-state index contributed by atoms with van der Waals surface area (Å²) < 4.78 is 5.80. The third-order valence-electron chi connectivity index (χ3n) is 4.30. The number of nitriles is 1. The van der Waals surface area contributed by atoms with Gasteiger partial charge in [-0.15, -0.1) is 0 Å². The molecule has 5 heteroatoms. The Hall–Kier alpha value is -1.90. The minimum absolute atomic E-state index is 0.0704. The molecule has 2 saturated heterocycles. The van der Waals surface area contributed by atoms with Crippen molar-refractivity contribution >= 4 is 11.6 Å². The minimum Gasteiger partial charge on any atom is -0.372 e. The molecule has 21 heavy (non-hydrogen) atoms. The topological polar surface area (TPSA) is 65.4 Å². The highest BCUT2D eigenvalue weighted by molar-refractivity contribution is 5.95. The first-order valence-electron chi connectivity index (χ1n) is 7.37. The molecule has 1 aromatic carbocycles. The summed E-state index contributed by atoms with van der Waals surface area (Å²) in [5.41, 5.74) is 1.06. The van der Waals surface area contributed by atoms with E-state index in [1.54, 1.807) is 18.2 Å². The van der Waals surface area contributed by atoms with Crippen molar-refractivity contribution in [3.8, 4) is 6.07 Å². The lowest BCUT2D eigenvalue weighted by atomic mass is 10.1. The van der Waals surface area contributed by atoms with E-state index in [0.29, 0.717) is 11.3 Å². The molecule has 110 valence electrons. The number of amides is 1. The van der Waals surface area contributed by atoms with Crippen LogP contribution in [-0.4, -0.2) is 42.1 Å². The Balaban J connectivity index is 1.66. The van der Waals surface area contributed by atoms with Gasteiger partial charge >= 0.3 is 0 Å². The Morgan fingerprint density at radius 1 is 1.38 bits per heavy atom. The molecule has 1 amide bonds. The number of hydrogen-bond donors (Lipinski definition) is 1. The number of morpholine rings is 1. The summed E-state index contributed by atoms with van der Waals surface area (Å²) in [6.07, 6.45) is 2.72. The second-order valence-corrected chi connectivity index (χ2v) is 5.73. The van der Waals surface area contributed by atoms with E-state index in [1.807, 2.05) is 13.0 Å². The third kappa shape index (κ3) is 2.92. The lowest BCUT2D eigenvalue weighted by Gasteiger charge is -2.35. The monoisotopic (exact) mass is 285 g/mol. The van der Waals surface area contributed by atoms with Gasteiger partial charge in [0.15, 0.2) is 0 Å². The molecule has 3 rings (SSSR count). The van der Waals surface area contributed by atoms with Crippen LogP contribution in [0.15, 0.2) is 24.3 Å². The van der Waals surface area contributed by atoms with Crippen LogP contribution in [0.3, 0.4) is 0 Å². The Kier molecular flexibility index (Phi) is 3.91. The molecule has 0 saturated carbocycles. The third-order valence-corrected chi connectivity index (χ3v) is 4.30. The maximum absolute atomic E-state index is 12.4. The van der Waals surface area contributed by atoms with Crippen LogP contribution in [0.1, 0.15) is 25.3 Å². The predicted octanol–water partition coefficient (Wildman–Crippen LogP) is 1.75. The lowest BCUT2D eigenvalue weighted by molar-refractivity contribution is -0.124. The fourth-order valence-corrected chi connectivity index (χ4v) is 3.06. The van der Waals surface area contributed by atoms with E-state index in [0.717, 1.165) is 25.9 Å². The predicted molar refractivity (Wildman–Crippen MR) is 78.7 cm³/mol. The lowest BCUT2D eigenvalue weighted by Crippen LogP contribution is -2.51. The number of ether oxygens (including phenoxy) is 1. The quantitative estimate of drug-likeness (QED) is 0.919. The van der Waals surface area contributed by atoms with E-state index >= 15 is 0 Å². The standard InChI is InChI=1S/C16H19N3O2/c1-11(19-9-13-6-7-14(10-19)21-13)16(20)18-15-5-3-2-4-12(15)8-17/h2-5,11,13-14H,6-7,9-10H2,1H3,(H,18,20). The number of likely N-dealkylation sites (tertiary alicyclic amines) is 1. The van der Waals surface area contributed by atoms with Gasteiger partial charge in [0.2, 0.25) is 5.91 Å². The smallest absolute Gasteiger partial charge is 0.241 e. The van der Waals surface area contributed by atoms with Gasteiger partial charge in [-0.2, -0.15) is 5.26 Å². The summed E-state index contributed by atoms with van der Waals surface area (Å²) in [6.45, 7) is 3.53. The van der Waals surface area contributed by atoms with Crippen LogP contribution < -0.4 is 5.32 Å². The summed E-state index contributed by atoms with van der Waals surface area (Å²) in [5, 5.41) is 11.9. The van der Waals surface area contributed by atoms with Crippen molar-refractivity contribution in [3.05, 3.63) is 29.8 Å². The van der Waals surface area contributed by atoms with Crippen LogP contribution in [0.25, 0.3) is 0 Å². The van der Waals surface area contributed by atoms with Crippen molar-refractivity contribution in [2.75, 3.05) is 18.4 Å². The zero-order valence-electron chi connectivity index (χ0n) is 12.1. The number of carbonyl (C=O) groups excluding carboxylic acids is 1. The second kappa shape index (κ2) is 5.84. The first-order valence-corrected chi connectivity index (χ1v) is 7.37. The molecule has 3 atom stereocenters. The highest BCUT2D eigenvalue weighted by atomic mass is 16.5. The molecule has 1 aromatic rings. The van der Waals surface area contributed by atoms with Gasteiger partial charge in [0.1, 0.15) is 6.07 Å². The van der Waals surface area contributed by atoms with Gasteiger partial charge in [-0.1, -0.05) is 12.1 Å². The number of rotatable bonds is 3. The van der Waals surface area contributed by atoms with E-state index in [-0.39, 0.29) is 24.2 Å². The number of fused-ring (bicyclic) bond motifs is 2. The first kappa shape index (κ1) is 14.1. The van der Waals surface area contributed by atoms with Gasteiger partial charge in [0.05, 0.1) is 29.5 Å². The summed E-state index contributed by atoms with van der Waals surface area (Å²) >= 11 is 0. The Bertz CT molecular complexity index is 569. The molecule has 0 aromatic heterocycles. The van der Waals surface area contributed by atoms with Gasteiger partial charge < -0.3 is 10.1 Å². The van der Waals surface area contributed by atoms with Crippen LogP contribution in [0.2, 0.25) is 0 Å². The second-order valence-electron chi connectivity index (χ2n) is 5.73. The zero-order valence-corrected chi connectivity index (χ0v) is 12.1. The number of anilines is 1. The Morgan fingerprint density at radius 2 is 2.05 bits per heavy atom. The number of carbonyl (C=O) groups is 1. The van der Waals surface area contributed by atoms with Crippen LogP contribution in [0.5, 0.6) is 0 Å². The van der Waals surface area contributed by atoms with E-state index < -0.39 is 0 Å². The molecule has 5 nitrogen and oxygen atoms in total. The largest absolute Gasteiger partial charge is 0.372 e. The fraction of sp³-hybridized carbons (Fsp3) is 0.500. The number of para-hydroxylation sites is 1. The number of hydrogen-bond acceptors (Lipinski definition) is 4. The van der Waals surface area contributed by atoms with Gasteiger partial charge in [-0.3, -0.25) is 9.69 Å². The molecule has 2 fully saturated rings. The van der Waals surface area contributed by atoms with E-state index in [9.17, 15) is 4.79 Å². The number of nitrogens with zero attached hydrogens (tertiary/aromatic N) is 2.